The van der Waals surface area contributed by atoms with Crippen molar-refractivity contribution in [3.05, 3.63) is 29.8 Å². The number of hydrogen-bond acceptors (Lipinski definition) is 3. The summed E-state index contributed by atoms with van der Waals surface area (Å²) in [5.41, 5.74) is 0.601. The topological polar surface area (TPSA) is 74.7 Å². The van der Waals surface area contributed by atoms with Gasteiger partial charge in [0.15, 0.2) is 0 Å². The van der Waals surface area contributed by atoms with E-state index in [-0.39, 0.29) is 11.3 Å². The molecule has 0 spiro atoms. The van der Waals surface area contributed by atoms with Gasteiger partial charge in [0.1, 0.15) is 0 Å². The van der Waals surface area contributed by atoms with Crippen LogP contribution in [0.15, 0.2) is 29.2 Å². The van der Waals surface area contributed by atoms with Crippen LogP contribution in [-0.4, -0.2) is 36.9 Å². The highest BCUT2D eigenvalue weighted by atomic mass is 32.2. The Morgan fingerprint density at radius 1 is 1.00 bits per heavy atom. The Balaban J connectivity index is -0.000000695. The molecule has 1 heterocycles. The normalized spacial score (nSPS) is 15.2. The molecule has 0 aromatic heterocycles. The van der Waals surface area contributed by atoms with Gasteiger partial charge in [-0.05, 0) is 30.0 Å². The first-order chi connectivity index (χ1) is 13.4. The molecule has 1 unspecified atom stereocenters. The fourth-order valence-corrected chi connectivity index (χ4v) is 3.98. The second-order valence-electron chi connectivity index (χ2n) is 5.14. The SMILES string of the molecule is CC.CC.CC.CC.CCC1CCN(S(=O)(=O)c2ccc(CC(=O)O)cc2)C1. The fraction of sp³-hybridized carbons (Fsp3) is 0.682. The second kappa shape index (κ2) is 18.9. The van der Waals surface area contributed by atoms with Crippen molar-refractivity contribution < 1.29 is 18.3 Å². The molecule has 166 valence electrons. The Bertz CT molecular complexity index is 583. The second-order valence-corrected chi connectivity index (χ2v) is 7.08. The van der Waals surface area contributed by atoms with Crippen LogP contribution < -0.4 is 0 Å². The van der Waals surface area contributed by atoms with Crippen LogP contribution in [0.25, 0.3) is 0 Å². The Kier molecular flexibility index (Phi) is 21.2. The summed E-state index contributed by atoms with van der Waals surface area (Å²) in [4.78, 5) is 10.8. The molecule has 1 saturated heterocycles. The predicted octanol–water partition coefficient (Wildman–Crippen LogP) is 5.84. The molecule has 1 fully saturated rings. The molecule has 1 aromatic carbocycles. The molecule has 1 aliphatic rings. The summed E-state index contributed by atoms with van der Waals surface area (Å²) in [5, 5.41) is 8.70. The van der Waals surface area contributed by atoms with E-state index in [1.54, 1.807) is 12.1 Å². The largest absolute Gasteiger partial charge is 0.481 e. The number of nitrogens with zero attached hydrogens (tertiary/aromatic N) is 1. The lowest BCUT2D eigenvalue weighted by Gasteiger charge is -2.16. The highest BCUT2D eigenvalue weighted by molar-refractivity contribution is 7.89. The van der Waals surface area contributed by atoms with E-state index in [9.17, 15) is 13.2 Å². The van der Waals surface area contributed by atoms with Crippen molar-refractivity contribution in [2.75, 3.05) is 13.1 Å². The van der Waals surface area contributed by atoms with Gasteiger partial charge in [0.05, 0.1) is 11.3 Å². The Morgan fingerprint density at radius 3 is 1.82 bits per heavy atom. The molecule has 28 heavy (non-hydrogen) atoms. The molecule has 5 nitrogen and oxygen atoms in total. The third-order valence-electron chi connectivity index (χ3n) is 3.74. The number of hydrogen-bond donors (Lipinski definition) is 1. The van der Waals surface area contributed by atoms with Gasteiger partial charge in [0.25, 0.3) is 0 Å². The van der Waals surface area contributed by atoms with Crippen molar-refractivity contribution >= 4 is 16.0 Å². The summed E-state index contributed by atoms with van der Waals surface area (Å²) in [7, 11) is -3.44. The van der Waals surface area contributed by atoms with E-state index in [1.165, 1.54) is 16.4 Å². The zero-order valence-corrected chi connectivity index (χ0v) is 20.3. The number of carboxylic acids is 1. The van der Waals surface area contributed by atoms with Crippen LogP contribution >= 0.6 is 0 Å². The molecule has 1 N–H and O–H groups in total. The third kappa shape index (κ3) is 10.8. The molecule has 0 aliphatic carbocycles. The fourth-order valence-electron chi connectivity index (χ4n) is 2.45. The summed E-state index contributed by atoms with van der Waals surface area (Å²) >= 11 is 0. The molecule has 1 atom stereocenters. The van der Waals surface area contributed by atoms with Crippen LogP contribution in [0, 0.1) is 5.92 Å². The van der Waals surface area contributed by atoms with Gasteiger partial charge in [-0.15, -0.1) is 0 Å². The molecule has 0 saturated carbocycles. The van der Waals surface area contributed by atoms with Gasteiger partial charge in [-0.2, -0.15) is 4.31 Å². The van der Waals surface area contributed by atoms with Crippen LogP contribution in [0.3, 0.4) is 0 Å². The van der Waals surface area contributed by atoms with Crippen molar-refractivity contribution in [3.63, 3.8) is 0 Å². The van der Waals surface area contributed by atoms with E-state index in [4.69, 9.17) is 5.11 Å². The lowest BCUT2D eigenvalue weighted by atomic mass is 10.1. The van der Waals surface area contributed by atoms with Crippen molar-refractivity contribution in [1.29, 1.82) is 0 Å². The van der Waals surface area contributed by atoms with Crippen molar-refractivity contribution in [2.45, 2.75) is 86.5 Å². The molecule has 1 aliphatic heterocycles. The number of rotatable bonds is 5. The maximum atomic E-state index is 12.4. The molecular weight excluding hydrogens is 374 g/mol. The van der Waals surface area contributed by atoms with Gasteiger partial charge >= 0.3 is 5.97 Å². The van der Waals surface area contributed by atoms with Crippen LogP contribution in [0.2, 0.25) is 0 Å². The molecule has 0 bridgehead atoms. The lowest BCUT2D eigenvalue weighted by Crippen LogP contribution is -2.28. The minimum atomic E-state index is -3.44. The molecule has 1 aromatic rings. The Morgan fingerprint density at radius 2 is 1.46 bits per heavy atom. The lowest BCUT2D eigenvalue weighted by molar-refractivity contribution is -0.136. The highest BCUT2D eigenvalue weighted by Crippen LogP contribution is 2.26. The van der Waals surface area contributed by atoms with Gasteiger partial charge in [-0.1, -0.05) is 80.9 Å². The Labute approximate surface area is 174 Å². The minimum Gasteiger partial charge on any atom is -0.481 e. The van der Waals surface area contributed by atoms with Gasteiger partial charge in [-0.25, -0.2) is 8.42 Å². The maximum absolute atomic E-state index is 12.4. The van der Waals surface area contributed by atoms with Gasteiger partial charge in [-0.3, -0.25) is 4.79 Å². The highest BCUT2D eigenvalue weighted by Gasteiger charge is 2.31. The van der Waals surface area contributed by atoms with Gasteiger partial charge in [0.2, 0.25) is 10.0 Å². The number of carbonyl (C=O) groups is 1. The average Bonchev–Trinajstić information content (AvgIpc) is 3.24. The molecule has 2 rings (SSSR count). The predicted molar refractivity (Wildman–Crippen MR) is 120 cm³/mol. The van der Waals surface area contributed by atoms with Crippen molar-refractivity contribution in [1.82, 2.24) is 4.31 Å². The maximum Gasteiger partial charge on any atom is 0.307 e. The van der Waals surface area contributed by atoms with E-state index in [0.717, 1.165) is 12.8 Å². The van der Waals surface area contributed by atoms with E-state index in [0.29, 0.717) is 24.6 Å². The zero-order chi connectivity index (χ0) is 22.8. The minimum absolute atomic E-state index is 0.0953. The first-order valence-electron chi connectivity index (χ1n) is 10.7. The summed E-state index contributed by atoms with van der Waals surface area (Å²) in [5.74, 6) is -0.484. The van der Waals surface area contributed by atoms with E-state index in [1.807, 2.05) is 55.4 Å². The summed E-state index contributed by atoms with van der Waals surface area (Å²) < 4.78 is 26.4. The molecular formula is C22H43NO4S. The van der Waals surface area contributed by atoms with Gasteiger partial charge in [0, 0.05) is 13.1 Å². The number of carboxylic acid groups (broad SMARTS) is 1. The summed E-state index contributed by atoms with van der Waals surface area (Å²) in [6.45, 7) is 19.2. The first-order valence-corrected chi connectivity index (χ1v) is 12.2. The number of aliphatic carboxylic acids is 1. The van der Waals surface area contributed by atoms with Crippen LogP contribution in [-0.2, 0) is 21.2 Å². The summed E-state index contributed by atoms with van der Waals surface area (Å²) in [6, 6.07) is 6.11. The van der Waals surface area contributed by atoms with Crippen molar-refractivity contribution in [3.8, 4) is 0 Å². The van der Waals surface area contributed by atoms with E-state index < -0.39 is 16.0 Å². The average molecular weight is 418 g/mol. The van der Waals surface area contributed by atoms with E-state index in [2.05, 4.69) is 6.92 Å². The van der Waals surface area contributed by atoms with Gasteiger partial charge < -0.3 is 5.11 Å². The van der Waals surface area contributed by atoms with E-state index >= 15 is 0 Å². The third-order valence-corrected chi connectivity index (χ3v) is 5.62. The molecule has 0 amide bonds. The monoisotopic (exact) mass is 417 g/mol. The van der Waals surface area contributed by atoms with Crippen LogP contribution in [0.5, 0.6) is 0 Å². The standard InChI is InChI=1S/C14H19NO4S.4C2H6/c1-2-11-7-8-15(10-11)20(18,19)13-5-3-12(4-6-13)9-14(16)17;4*1-2/h3-6,11H,2,7-10H2,1H3,(H,16,17);4*1-2H3. The van der Waals surface area contributed by atoms with Crippen LogP contribution in [0.4, 0.5) is 0 Å². The number of sulfonamides is 1. The molecule has 6 heteroatoms. The number of benzene rings is 1. The molecule has 0 radical (unpaired) electrons. The van der Waals surface area contributed by atoms with Crippen molar-refractivity contribution in [2.24, 2.45) is 5.92 Å². The summed E-state index contributed by atoms with van der Waals surface area (Å²) in [6.07, 6.45) is 1.80. The Hall–Kier alpha value is -1.40. The smallest absolute Gasteiger partial charge is 0.307 e. The van der Waals surface area contributed by atoms with Crippen LogP contribution in [0.1, 0.15) is 80.7 Å². The first kappa shape index (κ1) is 31.3. The zero-order valence-electron chi connectivity index (χ0n) is 19.4. The quantitative estimate of drug-likeness (QED) is 0.653.